The third-order valence-electron chi connectivity index (χ3n) is 2.44. The number of carboxylic acid groups (broad SMARTS) is 1. The molecule has 0 aliphatic carbocycles. The minimum Gasteiger partial charge on any atom is -0.481 e. The van der Waals surface area contributed by atoms with Crippen LogP contribution < -0.4 is 0 Å². The van der Waals surface area contributed by atoms with Crippen molar-refractivity contribution in [3.05, 3.63) is 34.9 Å². The topological polar surface area (TPSA) is 54.4 Å². The van der Waals surface area contributed by atoms with Gasteiger partial charge in [0.05, 0.1) is 12.0 Å². The maximum atomic E-state index is 12.5. The van der Waals surface area contributed by atoms with Crippen molar-refractivity contribution in [2.45, 2.75) is 24.9 Å². The number of benzene rings is 1. The fourth-order valence-corrected chi connectivity index (χ4v) is 1.78. The molecule has 0 fully saturated rings. The van der Waals surface area contributed by atoms with Crippen LogP contribution in [0.3, 0.4) is 0 Å². The highest BCUT2D eigenvalue weighted by Crippen LogP contribution is 2.33. The Balaban J connectivity index is 3.32. The van der Waals surface area contributed by atoms with Crippen LogP contribution in [-0.2, 0) is 22.2 Å². The number of alkyl halides is 4. The first kappa shape index (κ1) is 15.5. The Morgan fingerprint density at radius 3 is 2.37 bits per heavy atom. The summed E-state index contributed by atoms with van der Waals surface area (Å²) in [6.45, 7) is 1.18. The van der Waals surface area contributed by atoms with Gasteiger partial charge in [-0.05, 0) is 30.2 Å². The second-order valence-electron chi connectivity index (χ2n) is 3.96. The van der Waals surface area contributed by atoms with E-state index in [9.17, 15) is 22.8 Å². The third kappa shape index (κ3) is 3.96. The van der Waals surface area contributed by atoms with E-state index in [-0.39, 0.29) is 11.1 Å². The Hall–Kier alpha value is -1.56. The number of halogens is 4. The monoisotopic (exact) mass is 294 g/mol. The van der Waals surface area contributed by atoms with Gasteiger partial charge in [-0.15, -0.1) is 11.6 Å². The molecule has 1 rings (SSSR count). The van der Waals surface area contributed by atoms with Crippen molar-refractivity contribution in [3.63, 3.8) is 0 Å². The van der Waals surface area contributed by atoms with Gasteiger partial charge in [0.15, 0.2) is 5.78 Å². The Morgan fingerprint density at radius 2 is 1.95 bits per heavy atom. The number of hydrogen-bond donors (Lipinski definition) is 1. The SMILES string of the molecule is CC(=O)C(Cl)c1ccc(C(F)(F)F)cc1CC(=O)O. The summed E-state index contributed by atoms with van der Waals surface area (Å²) in [7, 11) is 0. The number of carbonyl (C=O) groups is 2. The van der Waals surface area contributed by atoms with Crippen LogP contribution in [0.2, 0.25) is 0 Å². The van der Waals surface area contributed by atoms with Gasteiger partial charge in [0.1, 0.15) is 5.38 Å². The number of hydrogen-bond acceptors (Lipinski definition) is 2. The molecule has 1 N–H and O–H groups in total. The van der Waals surface area contributed by atoms with Crippen LogP contribution in [0, 0.1) is 0 Å². The average molecular weight is 295 g/mol. The first-order valence-electron chi connectivity index (χ1n) is 5.19. The van der Waals surface area contributed by atoms with E-state index in [4.69, 9.17) is 16.7 Å². The zero-order valence-electron chi connectivity index (χ0n) is 9.79. The van der Waals surface area contributed by atoms with E-state index in [2.05, 4.69) is 0 Å². The molecule has 1 aromatic carbocycles. The van der Waals surface area contributed by atoms with Crippen LogP contribution in [0.4, 0.5) is 13.2 Å². The highest BCUT2D eigenvalue weighted by Gasteiger charge is 2.32. The first-order valence-corrected chi connectivity index (χ1v) is 5.63. The summed E-state index contributed by atoms with van der Waals surface area (Å²) in [6, 6.07) is 2.53. The maximum absolute atomic E-state index is 12.5. The number of Topliss-reactive ketones (excluding diaryl/α,β-unsaturated/α-hetero) is 1. The summed E-state index contributed by atoms with van der Waals surface area (Å²) in [4.78, 5) is 21.8. The van der Waals surface area contributed by atoms with Crippen LogP contribution in [0.5, 0.6) is 0 Å². The van der Waals surface area contributed by atoms with Gasteiger partial charge in [-0.1, -0.05) is 6.07 Å². The Morgan fingerprint density at radius 1 is 1.37 bits per heavy atom. The van der Waals surface area contributed by atoms with Crippen molar-refractivity contribution < 1.29 is 27.9 Å². The fourth-order valence-electron chi connectivity index (χ4n) is 1.56. The summed E-state index contributed by atoms with van der Waals surface area (Å²) >= 11 is 5.77. The summed E-state index contributed by atoms with van der Waals surface area (Å²) in [5.74, 6) is -1.76. The molecule has 1 atom stereocenters. The second-order valence-corrected chi connectivity index (χ2v) is 4.39. The summed E-state index contributed by atoms with van der Waals surface area (Å²) in [5.41, 5.74) is -0.998. The van der Waals surface area contributed by atoms with Gasteiger partial charge < -0.3 is 5.11 Å². The summed E-state index contributed by atoms with van der Waals surface area (Å²) in [6.07, 6.45) is -5.21. The molecule has 7 heteroatoms. The van der Waals surface area contributed by atoms with Gasteiger partial charge in [-0.25, -0.2) is 0 Å². The zero-order valence-corrected chi connectivity index (χ0v) is 10.5. The molecule has 0 aliphatic heterocycles. The predicted molar refractivity (Wildman–Crippen MR) is 62.1 cm³/mol. The van der Waals surface area contributed by atoms with E-state index < -0.39 is 35.3 Å². The smallest absolute Gasteiger partial charge is 0.416 e. The van der Waals surface area contributed by atoms with Gasteiger partial charge in [-0.2, -0.15) is 13.2 Å². The van der Waals surface area contributed by atoms with Crippen LogP contribution in [0.15, 0.2) is 18.2 Å². The van der Waals surface area contributed by atoms with Crippen LogP contribution in [0.1, 0.15) is 29.0 Å². The molecule has 0 aliphatic rings. The maximum Gasteiger partial charge on any atom is 0.416 e. The zero-order chi connectivity index (χ0) is 14.8. The molecule has 0 heterocycles. The minimum atomic E-state index is -4.58. The van der Waals surface area contributed by atoms with Crippen LogP contribution >= 0.6 is 11.6 Å². The molecular formula is C12H10ClF3O3. The number of carboxylic acids is 1. The van der Waals surface area contributed by atoms with Gasteiger partial charge in [0, 0.05) is 0 Å². The molecule has 0 spiro atoms. The second kappa shape index (κ2) is 5.61. The number of aliphatic carboxylic acids is 1. The average Bonchev–Trinajstić information content (AvgIpc) is 2.25. The molecule has 0 bridgehead atoms. The van der Waals surface area contributed by atoms with E-state index in [1.165, 1.54) is 6.92 Å². The lowest BCUT2D eigenvalue weighted by Crippen LogP contribution is -2.12. The van der Waals surface area contributed by atoms with Crippen molar-refractivity contribution in [2.75, 3.05) is 0 Å². The van der Waals surface area contributed by atoms with E-state index >= 15 is 0 Å². The van der Waals surface area contributed by atoms with Gasteiger partial charge in [-0.3, -0.25) is 9.59 Å². The van der Waals surface area contributed by atoms with Gasteiger partial charge in [0.2, 0.25) is 0 Å². The summed E-state index contributed by atoms with van der Waals surface area (Å²) in [5, 5.41) is 7.54. The largest absolute Gasteiger partial charge is 0.481 e. The number of ketones is 1. The molecule has 0 radical (unpaired) electrons. The van der Waals surface area contributed by atoms with Crippen molar-refractivity contribution in [1.82, 2.24) is 0 Å². The lowest BCUT2D eigenvalue weighted by molar-refractivity contribution is -0.138. The lowest BCUT2D eigenvalue weighted by atomic mass is 9.97. The molecule has 19 heavy (non-hydrogen) atoms. The molecule has 0 saturated heterocycles. The quantitative estimate of drug-likeness (QED) is 0.868. The molecule has 0 saturated carbocycles. The fraction of sp³-hybridized carbons (Fsp3) is 0.333. The van der Waals surface area contributed by atoms with E-state index in [1.807, 2.05) is 0 Å². The number of rotatable bonds is 4. The highest BCUT2D eigenvalue weighted by atomic mass is 35.5. The predicted octanol–water partition coefficient (Wildman–Crippen LogP) is 3.20. The molecule has 1 aromatic rings. The highest BCUT2D eigenvalue weighted by molar-refractivity contribution is 6.30. The molecule has 3 nitrogen and oxygen atoms in total. The van der Waals surface area contributed by atoms with E-state index in [1.54, 1.807) is 0 Å². The minimum absolute atomic E-state index is 0.0876. The molecule has 1 unspecified atom stereocenters. The lowest BCUT2D eigenvalue weighted by Gasteiger charge is -2.14. The molecule has 104 valence electrons. The molecule has 0 amide bonds. The van der Waals surface area contributed by atoms with Crippen molar-refractivity contribution in [3.8, 4) is 0 Å². The van der Waals surface area contributed by atoms with Crippen LogP contribution in [0.25, 0.3) is 0 Å². The number of carbonyl (C=O) groups excluding carboxylic acids is 1. The van der Waals surface area contributed by atoms with Crippen molar-refractivity contribution in [2.24, 2.45) is 0 Å². The van der Waals surface area contributed by atoms with Crippen LogP contribution in [-0.4, -0.2) is 16.9 Å². The molecular weight excluding hydrogens is 285 g/mol. The third-order valence-corrected chi connectivity index (χ3v) is 2.98. The van der Waals surface area contributed by atoms with Crippen molar-refractivity contribution >= 4 is 23.4 Å². The van der Waals surface area contributed by atoms with Gasteiger partial charge in [0.25, 0.3) is 0 Å². The standard InChI is InChI=1S/C12H10ClF3O3/c1-6(17)11(13)9-3-2-8(12(14,15)16)4-7(9)5-10(18)19/h2-4,11H,5H2,1H3,(H,18,19). The van der Waals surface area contributed by atoms with E-state index in [0.717, 1.165) is 12.1 Å². The summed E-state index contributed by atoms with van der Waals surface area (Å²) < 4.78 is 37.6. The Labute approximate surface area is 112 Å². The first-order chi connectivity index (χ1) is 8.62. The van der Waals surface area contributed by atoms with E-state index in [0.29, 0.717) is 6.07 Å². The normalized spacial score (nSPS) is 13.1. The van der Waals surface area contributed by atoms with Crippen molar-refractivity contribution in [1.29, 1.82) is 0 Å². The molecule has 0 aromatic heterocycles. The Bertz CT molecular complexity index is 511. The Kier molecular flexibility index (Phi) is 4.57. The van der Waals surface area contributed by atoms with Gasteiger partial charge >= 0.3 is 12.1 Å².